The van der Waals surface area contributed by atoms with Crippen LogP contribution < -0.4 is 28.4 Å². The van der Waals surface area contributed by atoms with Crippen LogP contribution in [0.25, 0.3) is 10.8 Å². The van der Waals surface area contributed by atoms with Crippen LogP contribution in [0, 0.1) is 24.7 Å². The largest absolute Gasteiger partial charge is 0.493 e. The lowest BCUT2D eigenvalue weighted by Crippen LogP contribution is -2.15. The fraction of sp³-hybridized carbons (Fsp3) is 0.321. The van der Waals surface area contributed by atoms with Gasteiger partial charge in [0.1, 0.15) is 49.4 Å². The monoisotopic (exact) mass is 856 g/mol. The van der Waals surface area contributed by atoms with Gasteiger partial charge in [0.2, 0.25) is 0 Å². The summed E-state index contributed by atoms with van der Waals surface area (Å²) in [4.78, 5) is 0. The first kappa shape index (κ1) is 44.0. The Kier molecular flexibility index (Phi) is 14.9. The van der Waals surface area contributed by atoms with E-state index in [1.165, 1.54) is 0 Å². The predicted octanol–water partition coefficient (Wildman–Crippen LogP) is 10.3. The molecule has 0 amide bonds. The molecule has 0 saturated carbocycles. The van der Waals surface area contributed by atoms with Gasteiger partial charge in [-0.05, 0) is 82.3 Å². The zero-order chi connectivity index (χ0) is 44.1. The van der Waals surface area contributed by atoms with E-state index in [2.05, 4.69) is 98.5 Å². The number of hydrogen-bond acceptors (Lipinski definition) is 8. The number of para-hydroxylation sites is 2. The molecule has 0 atom stereocenters. The van der Waals surface area contributed by atoms with E-state index < -0.39 is 0 Å². The summed E-state index contributed by atoms with van der Waals surface area (Å²) in [6.07, 6.45) is 16.2. The maximum Gasteiger partial charge on any atom is 0.161 e. The van der Waals surface area contributed by atoms with Crippen molar-refractivity contribution in [1.29, 1.82) is 0 Å². The van der Waals surface area contributed by atoms with Gasteiger partial charge in [-0.3, -0.25) is 0 Å². The summed E-state index contributed by atoms with van der Waals surface area (Å²) in [6.45, 7) is 8.04. The van der Waals surface area contributed by atoms with Crippen LogP contribution in [0.4, 0.5) is 0 Å². The molecule has 3 aliphatic rings. The minimum absolute atomic E-state index is 0.313. The third-order valence-corrected chi connectivity index (χ3v) is 11.3. The summed E-state index contributed by atoms with van der Waals surface area (Å²) in [5, 5.41) is 2.12. The lowest BCUT2D eigenvalue weighted by Gasteiger charge is -2.23. The zero-order valence-corrected chi connectivity index (χ0v) is 37.0. The maximum atomic E-state index is 6.80. The molecule has 0 spiro atoms. The molecule has 9 rings (SSSR count). The van der Waals surface area contributed by atoms with E-state index in [4.69, 9.17) is 50.7 Å². The minimum atomic E-state index is 0.313. The molecular formula is C56H56O8. The van der Waals surface area contributed by atoms with E-state index in [0.29, 0.717) is 103 Å². The van der Waals surface area contributed by atoms with Crippen molar-refractivity contribution in [2.24, 2.45) is 0 Å². The molecular weight excluding hydrogens is 801 g/mol. The van der Waals surface area contributed by atoms with Crippen LogP contribution >= 0.6 is 0 Å². The van der Waals surface area contributed by atoms with Gasteiger partial charge in [-0.25, -0.2) is 0 Å². The third kappa shape index (κ3) is 10.6. The van der Waals surface area contributed by atoms with Gasteiger partial charge in [-0.2, -0.15) is 0 Å². The van der Waals surface area contributed by atoms with Crippen LogP contribution in [0.1, 0.15) is 82.3 Å². The van der Waals surface area contributed by atoms with Crippen LogP contribution in [0.5, 0.6) is 34.5 Å². The highest BCUT2D eigenvalue weighted by Crippen LogP contribution is 2.40. The van der Waals surface area contributed by atoms with E-state index in [0.717, 1.165) is 102 Å². The molecule has 1 aliphatic carbocycles. The molecule has 0 fully saturated rings. The van der Waals surface area contributed by atoms with E-state index in [9.17, 15) is 0 Å². The van der Waals surface area contributed by atoms with Crippen LogP contribution in [0.2, 0.25) is 0 Å². The Morgan fingerprint density at radius 3 is 1.14 bits per heavy atom. The third-order valence-electron chi connectivity index (χ3n) is 11.3. The van der Waals surface area contributed by atoms with Gasteiger partial charge in [0, 0.05) is 59.1 Å². The molecule has 10 bridgehead atoms. The number of ether oxygens (including phenoxy) is 8. The second kappa shape index (κ2) is 21.7. The second-order valence-electron chi connectivity index (χ2n) is 16.0. The Morgan fingerprint density at radius 1 is 0.438 bits per heavy atom. The topological polar surface area (TPSA) is 73.8 Å². The highest BCUT2D eigenvalue weighted by molar-refractivity contribution is 5.86. The molecule has 0 aromatic heterocycles. The average molecular weight is 857 g/mol. The molecule has 328 valence electrons. The van der Waals surface area contributed by atoms with E-state index in [-0.39, 0.29) is 0 Å². The fourth-order valence-electron chi connectivity index (χ4n) is 8.46. The Bertz CT molecular complexity index is 2380. The maximum absolute atomic E-state index is 6.80. The van der Waals surface area contributed by atoms with Crippen molar-refractivity contribution in [1.82, 2.24) is 0 Å². The Morgan fingerprint density at radius 2 is 0.797 bits per heavy atom. The van der Waals surface area contributed by atoms with E-state index in [1.807, 2.05) is 24.3 Å². The normalized spacial score (nSPS) is 14.6. The number of benzene rings is 6. The molecule has 0 N–H and O–H groups in total. The smallest absolute Gasteiger partial charge is 0.161 e. The summed E-state index contributed by atoms with van der Waals surface area (Å²) in [5.41, 5.74) is 9.48. The van der Waals surface area contributed by atoms with Gasteiger partial charge in [0.25, 0.3) is 0 Å². The standard InChI is InChI=1S/C56H56O8/c1-5-19-61-53-43-15-11-16-44(53)34-48-30-40(8-4)32-50-36-46-18-12-17-45(54(46)62-20-6-2)35-49-31-39(7-3)29-47(33-43)55(49)63-27-23-57-21-25-59-51-37-41-13-9-10-14-42(41)38-52(51)60-26-22-58-24-28-64-56(48)50/h3-4,9-18,29-32,37-38H,5-6,19-28,33-36H2,1-2H3. The van der Waals surface area contributed by atoms with Crippen molar-refractivity contribution in [3.05, 3.63) is 153 Å². The second-order valence-corrected chi connectivity index (χ2v) is 16.0. The Hall–Kier alpha value is -6.58. The molecule has 2 aliphatic heterocycles. The fourth-order valence-corrected chi connectivity index (χ4v) is 8.46. The van der Waals surface area contributed by atoms with E-state index >= 15 is 0 Å². The molecule has 6 aromatic carbocycles. The lowest BCUT2D eigenvalue weighted by atomic mass is 9.89. The first-order valence-corrected chi connectivity index (χ1v) is 22.5. The van der Waals surface area contributed by atoms with Crippen LogP contribution in [0.15, 0.2) is 97.1 Å². The summed E-state index contributed by atoms with van der Waals surface area (Å²) in [6, 6.07) is 33.1. The minimum Gasteiger partial charge on any atom is -0.493 e. The Balaban J connectivity index is 1.25. The molecule has 0 unspecified atom stereocenters. The van der Waals surface area contributed by atoms with Crippen LogP contribution in [-0.4, -0.2) is 66.1 Å². The van der Waals surface area contributed by atoms with Crippen molar-refractivity contribution < 1.29 is 37.9 Å². The summed E-state index contributed by atoms with van der Waals surface area (Å²) in [5.74, 6) is 10.4. The highest BCUT2D eigenvalue weighted by atomic mass is 16.6. The molecule has 6 aromatic rings. The summed E-state index contributed by atoms with van der Waals surface area (Å²) in [7, 11) is 0. The van der Waals surface area contributed by atoms with Crippen molar-refractivity contribution in [2.75, 3.05) is 66.1 Å². The van der Waals surface area contributed by atoms with Crippen molar-refractivity contribution in [3.8, 4) is 59.2 Å². The highest BCUT2D eigenvalue weighted by Gasteiger charge is 2.23. The molecule has 0 radical (unpaired) electrons. The average Bonchev–Trinajstić information content (AvgIpc) is 3.30. The lowest BCUT2D eigenvalue weighted by molar-refractivity contribution is 0.0696. The first-order chi connectivity index (χ1) is 31.5. The SMILES string of the molecule is C#Cc1cc2c3c(c1)Cc1cccc(c1OCCC)Cc1cc(C#C)cc(c1OCCOCCOc1cc4ccccc4cc1OCCOCCO3)Cc1cccc(c1OCCC)C2. The van der Waals surface area contributed by atoms with E-state index in [1.54, 1.807) is 0 Å². The molecule has 2 heterocycles. The molecule has 0 saturated heterocycles. The molecule has 8 nitrogen and oxygen atoms in total. The number of hydrogen-bond donors (Lipinski definition) is 0. The van der Waals surface area contributed by atoms with Gasteiger partial charge in [-0.15, -0.1) is 12.8 Å². The van der Waals surface area contributed by atoms with Gasteiger partial charge in [0.05, 0.1) is 39.6 Å². The molecule has 8 heteroatoms. The van der Waals surface area contributed by atoms with Gasteiger partial charge < -0.3 is 37.9 Å². The van der Waals surface area contributed by atoms with Gasteiger partial charge in [-0.1, -0.05) is 86.4 Å². The van der Waals surface area contributed by atoms with Crippen LogP contribution in [0.3, 0.4) is 0 Å². The quantitative estimate of drug-likeness (QED) is 0.121. The summed E-state index contributed by atoms with van der Waals surface area (Å²) >= 11 is 0. The Labute approximate surface area is 377 Å². The van der Waals surface area contributed by atoms with Crippen molar-refractivity contribution >= 4 is 10.8 Å². The van der Waals surface area contributed by atoms with Crippen LogP contribution in [-0.2, 0) is 35.2 Å². The zero-order valence-electron chi connectivity index (χ0n) is 37.0. The number of rotatable bonds is 6. The number of terminal acetylenes is 2. The summed E-state index contributed by atoms with van der Waals surface area (Å²) < 4.78 is 51.7. The molecule has 64 heavy (non-hydrogen) atoms. The number of fused-ring (bicyclic) bond motifs is 13. The predicted molar refractivity (Wildman–Crippen MR) is 252 cm³/mol. The van der Waals surface area contributed by atoms with Crippen molar-refractivity contribution in [3.63, 3.8) is 0 Å². The van der Waals surface area contributed by atoms with Crippen molar-refractivity contribution in [2.45, 2.75) is 52.4 Å². The van der Waals surface area contributed by atoms with Gasteiger partial charge in [0.15, 0.2) is 11.5 Å². The first-order valence-electron chi connectivity index (χ1n) is 22.5. The van der Waals surface area contributed by atoms with Gasteiger partial charge >= 0.3 is 0 Å².